The number of alkyl halides is 3. The molecule has 4 N–H and O–H groups in total. The van der Waals surface area contributed by atoms with Gasteiger partial charge in [0.2, 0.25) is 6.10 Å². The number of hydrogen-bond acceptors (Lipinski definition) is 1. The fourth-order valence-electron chi connectivity index (χ4n) is 1.00. The lowest BCUT2D eigenvalue weighted by Crippen LogP contribution is -2.69. The summed E-state index contributed by atoms with van der Waals surface area (Å²) in [6.07, 6.45) is -6.55. The van der Waals surface area contributed by atoms with Gasteiger partial charge in [0.25, 0.3) is 0 Å². The maximum absolute atomic E-state index is 11.9. The fraction of sp³-hybridized carbons (Fsp3) is 1.00. The molecule has 0 rings (SSSR count). The second-order valence-electron chi connectivity index (χ2n) is 3.38. The summed E-state index contributed by atoms with van der Waals surface area (Å²) in [6, 6.07) is -0.968. The van der Waals surface area contributed by atoms with Crippen LogP contribution in [0.1, 0.15) is 20.3 Å². The molecule has 0 bridgehead atoms. The van der Waals surface area contributed by atoms with Gasteiger partial charge in [-0.15, -0.1) is 0 Å². The first-order valence-electron chi connectivity index (χ1n) is 3.83. The van der Waals surface area contributed by atoms with Gasteiger partial charge in [0.1, 0.15) is 6.04 Å². The third-order valence-electron chi connectivity index (χ3n) is 1.56. The van der Waals surface area contributed by atoms with Crippen molar-refractivity contribution in [3.63, 3.8) is 0 Å². The van der Waals surface area contributed by atoms with E-state index in [0.29, 0.717) is 0 Å². The van der Waals surface area contributed by atoms with Crippen LogP contribution in [-0.2, 0) is 0 Å². The van der Waals surface area contributed by atoms with Crippen molar-refractivity contribution in [2.24, 2.45) is 5.92 Å². The van der Waals surface area contributed by atoms with Crippen LogP contribution in [0.25, 0.3) is 0 Å². The van der Waals surface area contributed by atoms with E-state index in [-0.39, 0.29) is 12.3 Å². The van der Waals surface area contributed by atoms with E-state index >= 15 is 0 Å². The predicted molar refractivity (Wildman–Crippen MR) is 38.2 cm³/mol. The van der Waals surface area contributed by atoms with Crippen molar-refractivity contribution in [1.29, 1.82) is 0 Å². The summed E-state index contributed by atoms with van der Waals surface area (Å²) in [5.74, 6) is 0.115. The number of aliphatic hydroxyl groups excluding tert-OH is 1. The second kappa shape index (κ2) is 4.09. The quantitative estimate of drug-likeness (QED) is 0.665. The molecule has 0 aromatic rings. The van der Waals surface area contributed by atoms with Gasteiger partial charge in [0, 0.05) is 6.42 Å². The van der Waals surface area contributed by atoms with Crippen LogP contribution in [0, 0.1) is 5.92 Å². The smallest absolute Gasteiger partial charge is 0.379 e. The average molecular weight is 186 g/mol. The van der Waals surface area contributed by atoms with E-state index in [4.69, 9.17) is 5.11 Å². The SMILES string of the molecule is CC(C)C[C@H]([NH3+])[C@@H](O)C(F)(F)F. The normalized spacial score (nSPS) is 18.0. The zero-order valence-corrected chi connectivity index (χ0v) is 7.23. The number of quaternary nitrogens is 1. The zero-order valence-electron chi connectivity index (χ0n) is 7.23. The first kappa shape index (κ1) is 11.7. The van der Waals surface area contributed by atoms with Crippen LogP contribution in [0.2, 0.25) is 0 Å². The molecular formula is C7H15F3NO+. The van der Waals surface area contributed by atoms with Gasteiger partial charge in [0.15, 0.2) is 0 Å². The van der Waals surface area contributed by atoms with Crippen LogP contribution in [-0.4, -0.2) is 23.4 Å². The molecule has 0 radical (unpaired) electrons. The van der Waals surface area contributed by atoms with Crippen LogP contribution in [0.5, 0.6) is 0 Å². The molecule has 74 valence electrons. The van der Waals surface area contributed by atoms with Crippen molar-refractivity contribution in [2.45, 2.75) is 38.6 Å². The zero-order chi connectivity index (χ0) is 9.94. The van der Waals surface area contributed by atoms with Gasteiger partial charge in [-0.25, -0.2) is 0 Å². The molecule has 0 spiro atoms. The molecule has 0 aromatic heterocycles. The van der Waals surface area contributed by atoms with Gasteiger partial charge in [-0.2, -0.15) is 13.2 Å². The van der Waals surface area contributed by atoms with Crippen molar-refractivity contribution < 1.29 is 24.0 Å². The van der Waals surface area contributed by atoms with Crippen LogP contribution in [0.3, 0.4) is 0 Å². The highest BCUT2D eigenvalue weighted by molar-refractivity contribution is 4.73. The van der Waals surface area contributed by atoms with E-state index in [1.54, 1.807) is 13.8 Å². The third kappa shape index (κ3) is 3.92. The molecule has 0 saturated heterocycles. The van der Waals surface area contributed by atoms with Crippen LogP contribution < -0.4 is 5.73 Å². The Bertz CT molecular complexity index is 135. The summed E-state index contributed by atoms with van der Waals surface area (Å²) in [4.78, 5) is 0. The molecule has 0 amide bonds. The third-order valence-corrected chi connectivity index (χ3v) is 1.56. The molecule has 0 aliphatic carbocycles. The topological polar surface area (TPSA) is 47.9 Å². The molecule has 5 heteroatoms. The van der Waals surface area contributed by atoms with E-state index < -0.39 is 18.3 Å². The summed E-state index contributed by atoms with van der Waals surface area (Å²) in [6.45, 7) is 3.59. The lowest BCUT2D eigenvalue weighted by atomic mass is 10.00. The number of hydrogen-bond donors (Lipinski definition) is 2. The fourth-order valence-corrected chi connectivity index (χ4v) is 1.00. The largest absolute Gasteiger partial charge is 0.420 e. The molecule has 12 heavy (non-hydrogen) atoms. The van der Waals surface area contributed by atoms with Crippen LogP contribution in [0.15, 0.2) is 0 Å². The van der Waals surface area contributed by atoms with Gasteiger partial charge in [0.05, 0.1) is 0 Å². The van der Waals surface area contributed by atoms with Gasteiger partial charge in [-0.3, -0.25) is 0 Å². The van der Waals surface area contributed by atoms with Gasteiger partial charge >= 0.3 is 6.18 Å². The minimum absolute atomic E-state index is 0.115. The number of aliphatic hydroxyl groups is 1. The molecule has 0 aliphatic rings. The lowest BCUT2D eigenvalue weighted by molar-refractivity contribution is -0.458. The molecule has 0 aliphatic heterocycles. The summed E-state index contributed by atoms with van der Waals surface area (Å²) in [7, 11) is 0. The molecule has 0 heterocycles. The maximum atomic E-state index is 11.9. The van der Waals surface area contributed by atoms with Crippen LogP contribution >= 0.6 is 0 Å². The molecule has 0 saturated carbocycles. The Balaban J connectivity index is 4.01. The molecular weight excluding hydrogens is 171 g/mol. The summed E-state index contributed by atoms with van der Waals surface area (Å²) < 4.78 is 35.6. The minimum atomic E-state index is -4.54. The monoisotopic (exact) mass is 186 g/mol. The first-order chi connectivity index (χ1) is 5.25. The van der Waals surface area contributed by atoms with Gasteiger partial charge in [-0.1, -0.05) is 13.8 Å². The summed E-state index contributed by atoms with van der Waals surface area (Å²) in [5.41, 5.74) is 3.27. The Hall–Kier alpha value is -0.290. The molecule has 2 atom stereocenters. The van der Waals surface area contributed by atoms with Crippen molar-refractivity contribution in [2.75, 3.05) is 0 Å². The number of halogens is 3. The Kier molecular flexibility index (Phi) is 3.99. The van der Waals surface area contributed by atoms with E-state index in [9.17, 15) is 13.2 Å². The molecule has 0 unspecified atom stereocenters. The Morgan fingerprint density at radius 1 is 1.33 bits per heavy atom. The van der Waals surface area contributed by atoms with E-state index in [1.165, 1.54) is 0 Å². The maximum Gasteiger partial charge on any atom is 0.420 e. The Morgan fingerprint density at radius 3 is 2.00 bits per heavy atom. The van der Waals surface area contributed by atoms with Crippen LogP contribution in [0.4, 0.5) is 13.2 Å². The Morgan fingerprint density at radius 2 is 1.75 bits per heavy atom. The van der Waals surface area contributed by atoms with E-state index in [1.807, 2.05) is 0 Å². The van der Waals surface area contributed by atoms with Crippen molar-refractivity contribution in [3.05, 3.63) is 0 Å². The van der Waals surface area contributed by atoms with E-state index in [0.717, 1.165) is 0 Å². The summed E-state index contributed by atoms with van der Waals surface area (Å²) in [5, 5.41) is 8.72. The highest BCUT2D eigenvalue weighted by Crippen LogP contribution is 2.23. The van der Waals surface area contributed by atoms with E-state index in [2.05, 4.69) is 5.73 Å². The first-order valence-corrected chi connectivity index (χ1v) is 3.83. The molecule has 0 fully saturated rings. The average Bonchev–Trinajstić information content (AvgIpc) is 1.82. The lowest BCUT2D eigenvalue weighted by Gasteiger charge is -2.19. The highest BCUT2D eigenvalue weighted by Gasteiger charge is 2.44. The molecule has 2 nitrogen and oxygen atoms in total. The highest BCUT2D eigenvalue weighted by atomic mass is 19.4. The summed E-state index contributed by atoms with van der Waals surface area (Å²) >= 11 is 0. The van der Waals surface area contributed by atoms with Gasteiger partial charge in [-0.05, 0) is 5.92 Å². The molecule has 0 aromatic carbocycles. The van der Waals surface area contributed by atoms with Gasteiger partial charge < -0.3 is 10.8 Å². The number of rotatable bonds is 3. The van der Waals surface area contributed by atoms with Crippen molar-refractivity contribution in [3.8, 4) is 0 Å². The Labute approximate surface area is 69.6 Å². The van der Waals surface area contributed by atoms with Crippen molar-refractivity contribution >= 4 is 0 Å². The predicted octanol–water partition coefficient (Wildman–Crippen LogP) is 0.566. The van der Waals surface area contributed by atoms with Crippen molar-refractivity contribution in [1.82, 2.24) is 0 Å². The minimum Gasteiger partial charge on any atom is -0.379 e. The standard InChI is InChI=1S/C7H14F3NO/c1-4(2)3-5(11)6(12)7(8,9)10/h4-6,12H,3,11H2,1-2H3/p+1/t5-,6+/m0/s1. The second-order valence-corrected chi connectivity index (χ2v) is 3.38.